The molecule has 1 aromatic rings. The minimum absolute atomic E-state index is 0.0683. The topological polar surface area (TPSA) is 46.2 Å². The third-order valence-corrected chi connectivity index (χ3v) is 5.71. The van der Waals surface area contributed by atoms with Gasteiger partial charge in [-0.05, 0) is 48.8 Å². The van der Waals surface area contributed by atoms with Gasteiger partial charge in [0, 0.05) is 6.04 Å². The molecule has 1 N–H and O–H groups in total. The zero-order valence-electron chi connectivity index (χ0n) is 10.7. The van der Waals surface area contributed by atoms with Gasteiger partial charge in [0.15, 0.2) is 0 Å². The molecule has 2 saturated carbocycles. The van der Waals surface area contributed by atoms with E-state index >= 15 is 0 Å². The lowest BCUT2D eigenvalue weighted by Crippen LogP contribution is -2.39. The molecule has 19 heavy (non-hydrogen) atoms. The zero-order chi connectivity index (χ0) is 13.5. The summed E-state index contributed by atoms with van der Waals surface area (Å²) in [6.07, 6.45) is 4.55. The van der Waals surface area contributed by atoms with E-state index in [2.05, 4.69) is 4.72 Å². The molecule has 104 valence electrons. The van der Waals surface area contributed by atoms with Crippen LogP contribution in [0.5, 0.6) is 0 Å². The first-order valence-corrected chi connectivity index (χ1v) is 8.41. The van der Waals surface area contributed by atoms with Crippen molar-refractivity contribution >= 4 is 10.0 Å². The Labute approximate surface area is 113 Å². The number of hydrogen-bond acceptors (Lipinski definition) is 2. The normalized spacial score (nSPS) is 29.8. The number of rotatable bonds is 4. The van der Waals surface area contributed by atoms with Crippen molar-refractivity contribution in [1.29, 1.82) is 0 Å². The number of sulfonamides is 1. The predicted molar refractivity (Wildman–Crippen MR) is 71.4 cm³/mol. The quantitative estimate of drug-likeness (QED) is 0.922. The number of nitrogens with one attached hydrogen (secondary N) is 1. The molecule has 0 saturated heterocycles. The summed E-state index contributed by atoms with van der Waals surface area (Å²) in [6.45, 7) is 0. The fourth-order valence-electron chi connectivity index (χ4n) is 3.46. The van der Waals surface area contributed by atoms with Crippen molar-refractivity contribution in [3.8, 4) is 0 Å². The van der Waals surface area contributed by atoms with Gasteiger partial charge in [0.05, 0.1) is 5.75 Å². The maximum atomic E-state index is 12.8. The van der Waals surface area contributed by atoms with Crippen molar-refractivity contribution in [3.05, 3.63) is 35.6 Å². The van der Waals surface area contributed by atoms with E-state index in [4.69, 9.17) is 0 Å². The smallest absolute Gasteiger partial charge is 0.212 e. The summed E-state index contributed by atoms with van der Waals surface area (Å²) >= 11 is 0. The molecule has 0 aromatic heterocycles. The van der Waals surface area contributed by atoms with Gasteiger partial charge >= 0.3 is 0 Å². The minimum Gasteiger partial charge on any atom is -0.212 e. The molecule has 0 unspecified atom stereocenters. The highest BCUT2D eigenvalue weighted by Crippen LogP contribution is 2.44. The average Bonchev–Trinajstić information content (AvgIpc) is 2.93. The number of fused-ring (bicyclic) bond motifs is 2. The van der Waals surface area contributed by atoms with Gasteiger partial charge < -0.3 is 0 Å². The van der Waals surface area contributed by atoms with Crippen molar-refractivity contribution in [2.75, 3.05) is 0 Å². The summed E-state index contributed by atoms with van der Waals surface area (Å²) in [7, 11) is -3.33. The summed E-state index contributed by atoms with van der Waals surface area (Å²) in [5.41, 5.74) is 0.622. The highest BCUT2D eigenvalue weighted by atomic mass is 32.2. The van der Waals surface area contributed by atoms with E-state index in [-0.39, 0.29) is 17.6 Å². The molecule has 2 bridgehead atoms. The maximum absolute atomic E-state index is 12.8. The SMILES string of the molecule is O=S(=O)(Cc1ccc(F)cc1)N[C@H]1C[C@@H]2CC[C@@H]1C2. The van der Waals surface area contributed by atoms with Crippen molar-refractivity contribution in [1.82, 2.24) is 4.72 Å². The molecule has 0 heterocycles. The summed E-state index contributed by atoms with van der Waals surface area (Å²) in [4.78, 5) is 0. The number of hydrogen-bond donors (Lipinski definition) is 1. The standard InChI is InChI=1S/C14H18FNO2S/c15-13-5-2-10(3-6-13)9-19(17,18)16-14-8-11-1-4-12(14)7-11/h2-3,5-6,11-12,14,16H,1,4,7-9H2/t11-,12-,14+/m1/s1. The molecule has 2 aliphatic carbocycles. The summed E-state index contributed by atoms with van der Waals surface area (Å²) in [5.74, 6) is 0.819. The molecule has 3 atom stereocenters. The summed E-state index contributed by atoms with van der Waals surface area (Å²) in [6, 6.07) is 5.75. The molecule has 5 heteroatoms. The second kappa shape index (κ2) is 4.87. The maximum Gasteiger partial charge on any atom is 0.216 e. The predicted octanol–water partition coefficient (Wildman–Crippen LogP) is 2.43. The molecule has 0 aliphatic heterocycles. The molecule has 3 rings (SSSR count). The van der Waals surface area contributed by atoms with Gasteiger partial charge in [-0.3, -0.25) is 0 Å². The highest BCUT2D eigenvalue weighted by molar-refractivity contribution is 7.88. The van der Waals surface area contributed by atoms with Gasteiger partial charge in [0.2, 0.25) is 10.0 Å². The molecule has 0 radical (unpaired) electrons. The van der Waals surface area contributed by atoms with E-state index < -0.39 is 10.0 Å². The van der Waals surface area contributed by atoms with E-state index in [0.717, 1.165) is 12.8 Å². The molecule has 0 spiro atoms. The van der Waals surface area contributed by atoms with E-state index in [9.17, 15) is 12.8 Å². The average molecular weight is 283 g/mol. The third-order valence-electron chi connectivity index (χ3n) is 4.34. The second-order valence-electron chi connectivity index (χ2n) is 5.78. The van der Waals surface area contributed by atoms with Crippen LogP contribution in [0.4, 0.5) is 4.39 Å². The first kappa shape index (κ1) is 13.1. The van der Waals surface area contributed by atoms with E-state index in [1.807, 2.05) is 0 Å². The Morgan fingerprint density at radius 3 is 2.47 bits per heavy atom. The van der Waals surface area contributed by atoms with Crippen LogP contribution in [0.3, 0.4) is 0 Å². The Hall–Kier alpha value is -0.940. The minimum atomic E-state index is -3.33. The zero-order valence-corrected chi connectivity index (χ0v) is 11.5. The molecular weight excluding hydrogens is 265 g/mol. The first-order valence-electron chi connectivity index (χ1n) is 6.76. The van der Waals surface area contributed by atoms with Gasteiger partial charge in [-0.15, -0.1) is 0 Å². The van der Waals surface area contributed by atoms with Crippen LogP contribution in [-0.2, 0) is 15.8 Å². The number of benzene rings is 1. The lowest BCUT2D eigenvalue weighted by Gasteiger charge is -2.22. The molecule has 2 aliphatic rings. The van der Waals surface area contributed by atoms with E-state index in [1.54, 1.807) is 0 Å². The largest absolute Gasteiger partial charge is 0.216 e. The van der Waals surface area contributed by atoms with Crippen molar-refractivity contribution in [3.63, 3.8) is 0 Å². The molecule has 2 fully saturated rings. The number of halogens is 1. The Morgan fingerprint density at radius 1 is 1.16 bits per heavy atom. The van der Waals surface area contributed by atoms with Crippen LogP contribution in [0, 0.1) is 17.7 Å². The fourth-order valence-corrected chi connectivity index (χ4v) is 4.93. The van der Waals surface area contributed by atoms with Crippen molar-refractivity contribution < 1.29 is 12.8 Å². The second-order valence-corrected chi connectivity index (χ2v) is 7.54. The highest BCUT2D eigenvalue weighted by Gasteiger charge is 2.40. The molecule has 0 amide bonds. The van der Waals surface area contributed by atoms with Gasteiger partial charge in [-0.2, -0.15) is 0 Å². The van der Waals surface area contributed by atoms with Crippen LogP contribution < -0.4 is 4.72 Å². The monoisotopic (exact) mass is 283 g/mol. The Morgan fingerprint density at radius 2 is 1.89 bits per heavy atom. The molecular formula is C14H18FNO2S. The van der Waals surface area contributed by atoms with Gasteiger partial charge in [0.25, 0.3) is 0 Å². The Kier molecular flexibility index (Phi) is 3.35. The summed E-state index contributed by atoms with van der Waals surface area (Å²) in [5, 5.41) is 0. The Bertz CT molecular complexity index is 555. The van der Waals surface area contributed by atoms with Gasteiger partial charge in [0.1, 0.15) is 5.82 Å². The van der Waals surface area contributed by atoms with Gasteiger partial charge in [-0.25, -0.2) is 17.5 Å². The summed E-state index contributed by atoms with van der Waals surface area (Å²) < 4.78 is 39.8. The first-order chi connectivity index (χ1) is 9.02. The molecule has 3 nitrogen and oxygen atoms in total. The van der Waals surface area contributed by atoms with Crippen LogP contribution in [0.1, 0.15) is 31.2 Å². The van der Waals surface area contributed by atoms with Crippen molar-refractivity contribution in [2.45, 2.75) is 37.5 Å². The lowest BCUT2D eigenvalue weighted by atomic mass is 9.96. The van der Waals surface area contributed by atoms with E-state index in [0.29, 0.717) is 17.4 Å². The van der Waals surface area contributed by atoms with Crippen LogP contribution in [0.25, 0.3) is 0 Å². The van der Waals surface area contributed by atoms with Crippen molar-refractivity contribution in [2.24, 2.45) is 11.8 Å². The van der Waals surface area contributed by atoms with Crippen LogP contribution in [-0.4, -0.2) is 14.5 Å². The van der Waals surface area contributed by atoms with Crippen LogP contribution in [0.2, 0.25) is 0 Å². The third kappa shape index (κ3) is 2.98. The van der Waals surface area contributed by atoms with Gasteiger partial charge in [-0.1, -0.05) is 18.6 Å². The van der Waals surface area contributed by atoms with E-state index in [1.165, 1.54) is 37.1 Å². The Balaban J connectivity index is 1.64. The fraction of sp³-hybridized carbons (Fsp3) is 0.571. The van der Waals surface area contributed by atoms with Crippen LogP contribution in [0.15, 0.2) is 24.3 Å². The molecule has 1 aromatic carbocycles. The lowest BCUT2D eigenvalue weighted by molar-refractivity contribution is 0.390. The van der Waals surface area contributed by atoms with Crippen LogP contribution >= 0.6 is 0 Å².